The molecule has 0 atom stereocenters. The fourth-order valence-corrected chi connectivity index (χ4v) is 3.70. The van der Waals surface area contributed by atoms with Crippen LogP contribution in [0.1, 0.15) is 11.3 Å². The monoisotopic (exact) mass is 486 g/mol. The fraction of sp³-hybridized carbons (Fsp3) is 0.0500. The van der Waals surface area contributed by atoms with Crippen LogP contribution in [0.5, 0.6) is 0 Å². The molecule has 4 aromatic rings. The van der Waals surface area contributed by atoms with E-state index >= 15 is 0 Å². The first-order chi connectivity index (χ1) is 13.1. The molecule has 0 bridgehead atoms. The molecule has 0 saturated heterocycles. The van der Waals surface area contributed by atoms with Gasteiger partial charge in [-0.3, -0.25) is 9.89 Å². The first-order valence-electron chi connectivity index (χ1n) is 8.24. The van der Waals surface area contributed by atoms with E-state index in [-0.39, 0.29) is 5.56 Å². The maximum Gasteiger partial charge on any atom is 0.280 e. The number of thiazole rings is 1. The average molecular weight is 486 g/mol. The highest BCUT2D eigenvalue weighted by Gasteiger charge is 2.11. The standard InChI is InChI=1S/C20H15IN4OS/c1-13-17(19(26)25(24-13)16-9-7-15(21)8-10-16)11-22-20-23-18(12-27-20)14-5-3-2-4-6-14/h2-12,24H,1H3/b22-11+. The van der Waals surface area contributed by atoms with Crippen molar-refractivity contribution in [2.24, 2.45) is 4.99 Å². The third-order valence-electron chi connectivity index (χ3n) is 4.07. The average Bonchev–Trinajstić information content (AvgIpc) is 3.27. The zero-order valence-corrected chi connectivity index (χ0v) is 17.4. The van der Waals surface area contributed by atoms with E-state index in [1.165, 1.54) is 16.0 Å². The summed E-state index contributed by atoms with van der Waals surface area (Å²) in [6.45, 7) is 1.86. The van der Waals surface area contributed by atoms with Crippen LogP contribution in [0.3, 0.4) is 0 Å². The van der Waals surface area contributed by atoms with Gasteiger partial charge in [-0.05, 0) is 53.8 Å². The summed E-state index contributed by atoms with van der Waals surface area (Å²) in [5, 5.41) is 5.70. The molecular weight excluding hydrogens is 471 g/mol. The normalized spacial score (nSPS) is 11.3. The highest BCUT2D eigenvalue weighted by molar-refractivity contribution is 14.1. The molecule has 1 N–H and O–H groups in total. The molecular formula is C20H15IN4OS. The Morgan fingerprint density at radius 2 is 1.89 bits per heavy atom. The highest BCUT2D eigenvalue weighted by atomic mass is 127. The van der Waals surface area contributed by atoms with E-state index in [9.17, 15) is 4.79 Å². The molecule has 0 aliphatic rings. The number of H-pyrrole nitrogens is 1. The van der Waals surface area contributed by atoms with Gasteiger partial charge in [-0.25, -0.2) is 14.7 Å². The number of nitrogens with zero attached hydrogens (tertiary/aromatic N) is 3. The van der Waals surface area contributed by atoms with Gasteiger partial charge in [-0.2, -0.15) is 0 Å². The Bertz CT molecular complexity index is 1160. The summed E-state index contributed by atoms with van der Waals surface area (Å²) in [5.41, 5.74) is 3.90. The lowest BCUT2D eigenvalue weighted by atomic mass is 10.2. The minimum Gasteiger partial charge on any atom is -0.295 e. The number of halogens is 1. The lowest BCUT2D eigenvalue weighted by Gasteiger charge is -2.00. The van der Waals surface area contributed by atoms with Crippen LogP contribution in [0, 0.1) is 10.5 Å². The fourth-order valence-electron chi connectivity index (χ4n) is 2.67. The Hall–Kier alpha value is -2.52. The van der Waals surface area contributed by atoms with Crippen LogP contribution in [0.4, 0.5) is 5.13 Å². The molecule has 7 heteroatoms. The van der Waals surface area contributed by atoms with Crippen LogP contribution in [0.2, 0.25) is 0 Å². The minimum atomic E-state index is -0.128. The van der Waals surface area contributed by atoms with E-state index in [0.29, 0.717) is 10.7 Å². The molecule has 27 heavy (non-hydrogen) atoms. The molecule has 4 rings (SSSR count). The summed E-state index contributed by atoms with van der Waals surface area (Å²) in [4.78, 5) is 21.7. The van der Waals surface area contributed by atoms with E-state index in [1.54, 1.807) is 6.21 Å². The van der Waals surface area contributed by atoms with Gasteiger partial charge < -0.3 is 0 Å². The van der Waals surface area contributed by atoms with Crippen LogP contribution in [-0.4, -0.2) is 21.0 Å². The molecule has 5 nitrogen and oxygen atoms in total. The SMILES string of the molecule is Cc1[nH]n(-c2ccc(I)cc2)c(=O)c1/C=N/c1nc(-c2ccccc2)cs1. The molecule has 2 aromatic heterocycles. The van der Waals surface area contributed by atoms with Crippen molar-refractivity contribution in [3.8, 4) is 16.9 Å². The second-order valence-electron chi connectivity index (χ2n) is 5.91. The van der Waals surface area contributed by atoms with Crippen molar-refractivity contribution in [3.05, 3.63) is 85.2 Å². The zero-order valence-electron chi connectivity index (χ0n) is 14.4. The lowest BCUT2D eigenvalue weighted by Crippen LogP contribution is -2.17. The molecule has 0 unspecified atom stereocenters. The minimum absolute atomic E-state index is 0.128. The number of hydrogen-bond donors (Lipinski definition) is 1. The summed E-state index contributed by atoms with van der Waals surface area (Å²) in [6.07, 6.45) is 1.59. The number of rotatable bonds is 4. The van der Waals surface area contributed by atoms with Gasteiger partial charge in [0.05, 0.1) is 16.9 Å². The number of aromatic amines is 1. The van der Waals surface area contributed by atoms with Gasteiger partial charge in [-0.15, -0.1) is 11.3 Å². The highest BCUT2D eigenvalue weighted by Crippen LogP contribution is 2.26. The van der Waals surface area contributed by atoms with Crippen molar-refractivity contribution >= 4 is 45.3 Å². The van der Waals surface area contributed by atoms with Gasteiger partial charge in [0.1, 0.15) is 0 Å². The van der Waals surface area contributed by atoms with Crippen LogP contribution < -0.4 is 5.56 Å². The van der Waals surface area contributed by atoms with E-state index in [4.69, 9.17) is 0 Å². The molecule has 0 amide bonds. The number of benzene rings is 2. The van der Waals surface area contributed by atoms with Crippen molar-refractivity contribution in [1.29, 1.82) is 0 Å². The Morgan fingerprint density at radius 3 is 2.63 bits per heavy atom. The molecule has 2 aromatic carbocycles. The molecule has 0 aliphatic heterocycles. The maximum absolute atomic E-state index is 12.7. The summed E-state index contributed by atoms with van der Waals surface area (Å²) in [7, 11) is 0. The van der Waals surface area contributed by atoms with Crippen molar-refractivity contribution < 1.29 is 0 Å². The second-order valence-corrected chi connectivity index (χ2v) is 7.99. The largest absolute Gasteiger partial charge is 0.295 e. The Balaban J connectivity index is 1.63. The molecule has 134 valence electrons. The molecule has 2 heterocycles. The van der Waals surface area contributed by atoms with Crippen LogP contribution in [0.15, 0.2) is 69.8 Å². The summed E-state index contributed by atoms with van der Waals surface area (Å²) < 4.78 is 2.65. The predicted octanol–water partition coefficient (Wildman–Crippen LogP) is 4.95. The van der Waals surface area contributed by atoms with Crippen molar-refractivity contribution in [3.63, 3.8) is 0 Å². The van der Waals surface area contributed by atoms with E-state index in [2.05, 4.69) is 37.7 Å². The summed E-state index contributed by atoms with van der Waals surface area (Å²) in [5.74, 6) is 0. The van der Waals surface area contributed by atoms with E-state index in [1.807, 2.05) is 66.9 Å². The van der Waals surface area contributed by atoms with Gasteiger partial charge in [-0.1, -0.05) is 30.3 Å². The summed E-state index contributed by atoms with van der Waals surface area (Å²) in [6, 6.07) is 17.7. The Labute approximate surface area is 173 Å². The molecule has 0 saturated carbocycles. The third kappa shape index (κ3) is 3.79. The third-order valence-corrected chi connectivity index (χ3v) is 5.54. The van der Waals surface area contributed by atoms with Gasteiger partial charge in [0, 0.05) is 26.4 Å². The van der Waals surface area contributed by atoms with Crippen LogP contribution in [-0.2, 0) is 0 Å². The predicted molar refractivity (Wildman–Crippen MR) is 119 cm³/mol. The topological polar surface area (TPSA) is 63.0 Å². The molecule has 0 fully saturated rings. The van der Waals surface area contributed by atoms with Gasteiger partial charge in [0.2, 0.25) is 5.13 Å². The molecule has 0 aliphatic carbocycles. The second kappa shape index (κ2) is 7.61. The lowest BCUT2D eigenvalue weighted by molar-refractivity contribution is 0.835. The number of aryl methyl sites for hydroxylation is 1. The van der Waals surface area contributed by atoms with Gasteiger partial charge >= 0.3 is 0 Å². The maximum atomic E-state index is 12.7. The Morgan fingerprint density at radius 1 is 1.15 bits per heavy atom. The molecule has 0 radical (unpaired) electrons. The van der Waals surface area contributed by atoms with Crippen molar-refractivity contribution in [2.45, 2.75) is 6.92 Å². The summed E-state index contributed by atoms with van der Waals surface area (Å²) >= 11 is 3.69. The molecule has 0 spiro atoms. The zero-order chi connectivity index (χ0) is 18.8. The van der Waals surface area contributed by atoms with Gasteiger partial charge in [0.25, 0.3) is 5.56 Å². The quantitative estimate of drug-likeness (QED) is 0.328. The number of hydrogen-bond acceptors (Lipinski definition) is 4. The first-order valence-corrected chi connectivity index (χ1v) is 10.2. The van der Waals surface area contributed by atoms with E-state index in [0.717, 1.165) is 26.2 Å². The van der Waals surface area contributed by atoms with Crippen LogP contribution in [0.25, 0.3) is 16.9 Å². The van der Waals surface area contributed by atoms with Crippen LogP contribution >= 0.6 is 33.9 Å². The smallest absolute Gasteiger partial charge is 0.280 e. The Kier molecular flexibility index (Phi) is 5.04. The number of aromatic nitrogens is 3. The number of nitrogens with one attached hydrogen (secondary N) is 1. The first kappa shape index (κ1) is 17.9. The van der Waals surface area contributed by atoms with E-state index < -0.39 is 0 Å². The van der Waals surface area contributed by atoms with Gasteiger partial charge in [0.15, 0.2) is 0 Å². The van der Waals surface area contributed by atoms with Crippen molar-refractivity contribution in [2.75, 3.05) is 0 Å². The number of aliphatic imine (C=N–C) groups is 1. The van der Waals surface area contributed by atoms with Crippen molar-refractivity contribution in [1.82, 2.24) is 14.8 Å².